The van der Waals surface area contributed by atoms with E-state index in [0.29, 0.717) is 5.92 Å². The molecule has 0 aromatic heterocycles. The van der Waals surface area contributed by atoms with Crippen molar-refractivity contribution in [1.82, 2.24) is 0 Å². The Bertz CT molecular complexity index is 387. The van der Waals surface area contributed by atoms with Gasteiger partial charge in [0.1, 0.15) is 0 Å². The van der Waals surface area contributed by atoms with Gasteiger partial charge in [0.25, 0.3) is 0 Å². The maximum Gasteiger partial charge on any atom is 0.221 e. The molecule has 2 N–H and O–H groups in total. The summed E-state index contributed by atoms with van der Waals surface area (Å²) < 4.78 is 5.32. The van der Waals surface area contributed by atoms with Crippen molar-refractivity contribution in [2.75, 3.05) is 30.4 Å². The third-order valence-electron chi connectivity index (χ3n) is 2.80. The van der Waals surface area contributed by atoms with E-state index in [2.05, 4.69) is 10.6 Å². The Morgan fingerprint density at radius 1 is 1.47 bits per heavy atom. The quantitative estimate of drug-likeness (QED) is 0.838. The van der Waals surface area contributed by atoms with E-state index in [1.54, 1.807) is 0 Å². The van der Waals surface area contributed by atoms with Crippen molar-refractivity contribution in [3.05, 3.63) is 24.3 Å². The molecule has 1 unspecified atom stereocenters. The molecular formula is C13H18N2O2. The number of amides is 1. The van der Waals surface area contributed by atoms with E-state index < -0.39 is 0 Å². The molecule has 1 aliphatic rings. The number of carbonyl (C=O) groups is 1. The van der Waals surface area contributed by atoms with E-state index >= 15 is 0 Å². The molecule has 0 saturated carbocycles. The third-order valence-corrected chi connectivity index (χ3v) is 2.80. The number of hydrogen-bond acceptors (Lipinski definition) is 3. The van der Waals surface area contributed by atoms with E-state index in [9.17, 15) is 4.79 Å². The van der Waals surface area contributed by atoms with Gasteiger partial charge < -0.3 is 15.4 Å². The molecule has 0 spiro atoms. The number of benzene rings is 1. The highest BCUT2D eigenvalue weighted by atomic mass is 16.5. The van der Waals surface area contributed by atoms with Crippen LogP contribution in [-0.4, -0.2) is 25.7 Å². The van der Waals surface area contributed by atoms with Crippen molar-refractivity contribution in [3.63, 3.8) is 0 Å². The Balaban J connectivity index is 1.88. The molecule has 1 aliphatic heterocycles. The summed E-state index contributed by atoms with van der Waals surface area (Å²) in [6, 6.07) is 7.75. The summed E-state index contributed by atoms with van der Waals surface area (Å²) in [7, 11) is 0. The third kappa shape index (κ3) is 3.75. The molecule has 2 rings (SSSR count). The van der Waals surface area contributed by atoms with Gasteiger partial charge in [-0.25, -0.2) is 0 Å². The molecule has 0 radical (unpaired) electrons. The zero-order valence-corrected chi connectivity index (χ0v) is 10.0. The van der Waals surface area contributed by atoms with Gasteiger partial charge in [-0.2, -0.15) is 0 Å². The number of nitrogens with one attached hydrogen (secondary N) is 2. The van der Waals surface area contributed by atoms with E-state index in [-0.39, 0.29) is 5.91 Å². The molecule has 1 atom stereocenters. The fourth-order valence-electron chi connectivity index (χ4n) is 1.92. The number of ether oxygens (including phenoxy) is 1. The Morgan fingerprint density at radius 2 is 2.29 bits per heavy atom. The first kappa shape index (κ1) is 11.9. The molecule has 1 saturated heterocycles. The lowest BCUT2D eigenvalue weighted by atomic mass is 10.1. The topological polar surface area (TPSA) is 50.4 Å². The summed E-state index contributed by atoms with van der Waals surface area (Å²) in [4.78, 5) is 10.9. The highest BCUT2D eigenvalue weighted by Crippen LogP contribution is 2.17. The highest BCUT2D eigenvalue weighted by molar-refractivity contribution is 5.89. The van der Waals surface area contributed by atoms with Crippen molar-refractivity contribution in [1.29, 1.82) is 0 Å². The Morgan fingerprint density at radius 3 is 3.00 bits per heavy atom. The average molecular weight is 234 g/mol. The van der Waals surface area contributed by atoms with Crippen LogP contribution in [0.15, 0.2) is 24.3 Å². The van der Waals surface area contributed by atoms with Crippen LogP contribution in [0.3, 0.4) is 0 Å². The van der Waals surface area contributed by atoms with Crippen molar-refractivity contribution >= 4 is 17.3 Å². The largest absolute Gasteiger partial charge is 0.385 e. The monoisotopic (exact) mass is 234 g/mol. The first-order chi connectivity index (χ1) is 8.24. The van der Waals surface area contributed by atoms with Gasteiger partial charge in [-0.1, -0.05) is 6.07 Å². The van der Waals surface area contributed by atoms with Gasteiger partial charge in [-0.05, 0) is 24.6 Å². The lowest BCUT2D eigenvalue weighted by Crippen LogP contribution is -2.14. The van der Waals surface area contributed by atoms with Gasteiger partial charge in [0.15, 0.2) is 0 Å². The van der Waals surface area contributed by atoms with Crippen molar-refractivity contribution in [3.8, 4) is 0 Å². The second-order valence-electron chi connectivity index (χ2n) is 4.37. The molecule has 4 heteroatoms. The van der Waals surface area contributed by atoms with Gasteiger partial charge >= 0.3 is 0 Å². The normalized spacial score (nSPS) is 19.0. The molecule has 4 nitrogen and oxygen atoms in total. The van der Waals surface area contributed by atoms with Crippen LogP contribution < -0.4 is 10.6 Å². The molecule has 1 amide bonds. The highest BCUT2D eigenvalue weighted by Gasteiger charge is 2.14. The molecule has 1 aromatic rings. The minimum atomic E-state index is -0.0497. The summed E-state index contributed by atoms with van der Waals surface area (Å²) >= 11 is 0. The standard InChI is InChI=1S/C13H18N2O2/c1-10(16)15-13-4-2-3-12(7-13)14-8-11-5-6-17-9-11/h2-4,7,11,14H,5-6,8-9H2,1H3,(H,15,16). The van der Waals surface area contributed by atoms with Crippen LogP contribution in [0.4, 0.5) is 11.4 Å². The van der Waals surface area contributed by atoms with Crippen LogP contribution in [0.5, 0.6) is 0 Å². The van der Waals surface area contributed by atoms with Crippen LogP contribution in [-0.2, 0) is 9.53 Å². The van der Waals surface area contributed by atoms with Gasteiger partial charge in [-0.3, -0.25) is 4.79 Å². The molecule has 1 aromatic carbocycles. The van der Waals surface area contributed by atoms with Crippen LogP contribution in [0.2, 0.25) is 0 Å². The Kier molecular flexibility index (Phi) is 3.98. The number of hydrogen-bond donors (Lipinski definition) is 2. The van der Waals surface area contributed by atoms with Gasteiger partial charge in [0, 0.05) is 37.4 Å². The van der Waals surface area contributed by atoms with Gasteiger partial charge in [0.05, 0.1) is 6.61 Å². The molecular weight excluding hydrogens is 216 g/mol. The SMILES string of the molecule is CC(=O)Nc1cccc(NCC2CCOC2)c1. The molecule has 1 fully saturated rings. The smallest absolute Gasteiger partial charge is 0.221 e. The summed E-state index contributed by atoms with van der Waals surface area (Å²) in [6.07, 6.45) is 1.12. The zero-order valence-electron chi connectivity index (χ0n) is 10.0. The first-order valence-electron chi connectivity index (χ1n) is 5.93. The minimum Gasteiger partial charge on any atom is -0.385 e. The maximum atomic E-state index is 10.9. The molecule has 92 valence electrons. The van der Waals surface area contributed by atoms with Crippen molar-refractivity contribution < 1.29 is 9.53 Å². The van der Waals surface area contributed by atoms with Crippen LogP contribution in [0.1, 0.15) is 13.3 Å². The van der Waals surface area contributed by atoms with E-state index in [1.165, 1.54) is 6.92 Å². The summed E-state index contributed by atoms with van der Waals surface area (Å²) in [5, 5.41) is 6.14. The van der Waals surface area contributed by atoms with Crippen molar-refractivity contribution in [2.24, 2.45) is 5.92 Å². The number of carbonyl (C=O) groups excluding carboxylic acids is 1. The van der Waals surface area contributed by atoms with E-state index in [1.807, 2.05) is 24.3 Å². The van der Waals surface area contributed by atoms with Crippen LogP contribution in [0, 0.1) is 5.92 Å². The Hall–Kier alpha value is -1.55. The first-order valence-corrected chi connectivity index (χ1v) is 5.93. The summed E-state index contributed by atoms with van der Waals surface area (Å²) in [5.41, 5.74) is 1.85. The summed E-state index contributed by atoms with van der Waals surface area (Å²) in [5.74, 6) is 0.547. The lowest BCUT2D eigenvalue weighted by molar-refractivity contribution is -0.114. The minimum absolute atomic E-state index is 0.0497. The van der Waals surface area contributed by atoms with Gasteiger partial charge in [-0.15, -0.1) is 0 Å². The van der Waals surface area contributed by atoms with Gasteiger partial charge in [0.2, 0.25) is 5.91 Å². The fourth-order valence-corrected chi connectivity index (χ4v) is 1.92. The predicted octanol–water partition coefficient (Wildman–Crippen LogP) is 2.09. The molecule has 1 heterocycles. The second kappa shape index (κ2) is 5.68. The predicted molar refractivity (Wildman–Crippen MR) is 68.2 cm³/mol. The average Bonchev–Trinajstić information content (AvgIpc) is 2.79. The van der Waals surface area contributed by atoms with E-state index in [0.717, 1.165) is 37.6 Å². The van der Waals surface area contributed by atoms with Crippen LogP contribution >= 0.6 is 0 Å². The summed E-state index contributed by atoms with van der Waals surface area (Å²) in [6.45, 7) is 4.15. The molecule has 0 aliphatic carbocycles. The Labute approximate surface area is 101 Å². The maximum absolute atomic E-state index is 10.9. The number of rotatable bonds is 4. The number of anilines is 2. The molecule has 17 heavy (non-hydrogen) atoms. The van der Waals surface area contributed by atoms with E-state index in [4.69, 9.17) is 4.74 Å². The zero-order chi connectivity index (χ0) is 12.1. The van der Waals surface area contributed by atoms with Crippen LogP contribution in [0.25, 0.3) is 0 Å². The lowest BCUT2D eigenvalue weighted by Gasteiger charge is -2.11. The van der Waals surface area contributed by atoms with Crippen molar-refractivity contribution in [2.45, 2.75) is 13.3 Å². The fraction of sp³-hybridized carbons (Fsp3) is 0.462. The second-order valence-corrected chi connectivity index (χ2v) is 4.37. The molecule has 0 bridgehead atoms.